The van der Waals surface area contributed by atoms with Crippen LogP contribution in [0.25, 0.3) is 0 Å². The van der Waals surface area contributed by atoms with Gasteiger partial charge in [-0.3, -0.25) is 4.99 Å². The van der Waals surface area contributed by atoms with Crippen LogP contribution in [0.2, 0.25) is 0 Å². The Kier molecular flexibility index (Phi) is 3.42. The largest absolute Gasteiger partial charge is 0.507 e. The highest BCUT2D eigenvalue weighted by molar-refractivity contribution is 6.21. The molecule has 1 aromatic rings. The number of carbonyl (C=O) groups is 1. The molecule has 0 aromatic heterocycles. The maximum Gasteiger partial charge on any atom is 0.344 e. The summed E-state index contributed by atoms with van der Waals surface area (Å²) in [5, 5.41) is 9.83. The number of cyclic esters (lactones) is 1. The molecule has 19 heavy (non-hydrogen) atoms. The van der Waals surface area contributed by atoms with E-state index in [2.05, 4.69) is 4.99 Å². The quantitative estimate of drug-likeness (QED) is 0.655. The zero-order valence-corrected chi connectivity index (χ0v) is 11.5. The van der Waals surface area contributed by atoms with Crippen LogP contribution >= 0.6 is 0 Å². The summed E-state index contributed by atoms with van der Waals surface area (Å²) in [7, 11) is 0. The Balaban J connectivity index is 2.38. The van der Waals surface area contributed by atoms with Gasteiger partial charge >= 0.3 is 5.97 Å². The molecule has 1 aromatic carbocycles. The minimum Gasteiger partial charge on any atom is -0.507 e. The first-order valence-electron chi connectivity index (χ1n) is 6.17. The third-order valence-electron chi connectivity index (χ3n) is 3.28. The van der Waals surface area contributed by atoms with Gasteiger partial charge in [0.05, 0.1) is 11.4 Å². The number of carbonyl (C=O) groups excluding carboxylic acids is 1. The molecule has 0 saturated heterocycles. The summed E-state index contributed by atoms with van der Waals surface area (Å²) in [6.45, 7) is 7.36. The van der Waals surface area contributed by atoms with E-state index >= 15 is 0 Å². The number of aliphatic imine (C=N–C) groups is 1. The Morgan fingerprint density at radius 2 is 2.00 bits per heavy atom. The second kappa shape index (κ2) is 4.88. The van der Waals surface area contributed by atoms with Crippen LogP contribution in [0.5, 0.6) is 0 Å². The first kappa shape index (κ1) is 13.3. The number of aliphatic hydroxyl groups is 1. The number of aliphatic hydroxyl groups excluding tert-OH is 1. The van der Waals surface area contributed by atoms with E-state index in [-0.39, 0.29) is 11.3 Å². The van der Waals surface area contributed by atoms with Crippen molar-refractivity contribution in [3.63, 3.8) is 0 Å². The van der Waals surface area contributed by atoms with Crippen molar-refractivity contribution in [3.8, 4) is 0 Å². The van der Waals surface area contributed by atoms with Gasteiger partial charge in [0.1, 0.15) is 11.3 Å². The lowest BCUT2D eigenvalue weighted by Crippen LogP contribution is -2.08. The summed E-state index contributed by atoms with van der Waals surface area (Å²) in [5.41, 5.74) is 3.72. The minimum atomic E-state index is -0.590. The minimum absolute atomic E-state index is 0.0462. The maximum atomic E-state index is 11.6. The molecule has 1 aliphatic rings. The number of benzene rings is 1. The molecular formula is C15H17NO3. The van der Waals surface area contributed by atoms with Crippen molar-refractivity contribution >= 4 is 17.4 Å². The first-order chi connectivity index (χ1) is 8.90. The molecule has 1 heterocycles. The second-order valence-electron chi connectivity index (χ2n) is 4.77. The molecule has 1 aliphatic heterocycles. The van der Waals surface area contributed by atoms with Crippen LogP contribution in [0, 0.1) is 13.8 Å². The van der Waals surface area contributed by atoms with Gasteiger partial charge < -0.3 is 9.84 Å². The molecule has 2 rings (SSSR count). The van der Waals surface area contributed by atoms with E-state index in [0.717, 1.165) is 11.3 Å². The average Bonchev–Trinajstić information content (AvgIpc) is 2.58. The predicted octanol–water partition coefficient (Wildman–Crippen LogP) is 3.15. The van der Waals surface area contributed by atoms with Crippen molar-refractivity contribution in [3.05, 3.63) is 40.7 Å². The van der Waals surface area contributed by atoms with Gasteiger partial charge in [-0.25, -0.2) is 4.79 Å². The van der Waals surface area contributed by atoms with Crippen LogP contribution in [0.1, 0.15) is 25.0 Å². The summed E-state index contributed by atoms with van der Waals surface area (Å²) < 4.78 is 4.94. The molecule has 4 heteroatoms. The third kappa shape index (κ3) is 2.52. The lowest BCUT2D eigenvalue weighted by Gasteiger charge is -2.03. The standard InChI is InChI=1S/C15H17NO3/c1-8-5-6-12(7-9(8)2)16-10(3)13-14(17)11(4)19-15(13)18/h5-7,11,17H,1-4H3/t11-/m0/s1. The fraction of sp³-hybridized carbons (Fsp3) is 0.333. The third-order valence-corrected chi connectivity index (χ3v) is 3.28. The van der Waals surface area contributed by atoms with Crippen molar-refractivity contribution in [2.75, 3.05) is 0 Å². The van der Waals surface area contributed by atoms with Crippen molar-refractivity contribution < 1.29 is 14.6 Å². The molecule has 0 amide bonds. The van der Waals surface area contributed by atoms with Crippen LogP contribution in [0.3, 0.4) is 0 Å². The predicted molar refractivity (Wildman–Crippen MR) is 73.9 cm³/mol. The number of aryl methyl sites for hydroxylation is 2. The highest BCUT2D eigenvalue weighted by Gasteiger charge is 2.32. The number of ether oxygens (including phenoxy) is 1. The fourth-order valence-electron chi connectivity index (χ4n) is 1.96. The molecule has 0 saturated carbocycles. The number of rotatable bonds is 2. The highest BCUT2D eigenvalue weighted by atomic mass is 16.6. The van der Waals surface area contributed by atoms with Crippen molar-refractivity contribution in [1.82, 2.24) is 0 Å². The summed E-state index contributed by atoms with van der Waals surface area (Å²) >= 11 is 0. The van der Waals surface area contributed by atoms with Crippen molar-refractivity contribution in [2.45, 2.75) is 33.8 Å². The molecule has 4 nitrogen and oxygen atoms in total. The van der Waals surface area contributed by atoms with Gasteiger partial charge in [-0.15, -0.1) is 0 Å². The molecule has 0 aliphatic carbocycles. The van der Waals surface area contributed by atoms with Gasteiger partial charge in [0.15, 0.2) is 6.10 Å². The Labute approximate surface area is 112 Å². The Hall–Kier alpha value is -2.10. The number of nitrogens with zero attached hydrogens (tertiary/aromatic N) is 1. The van der Waals surface area contributed by atoms with Gasteiger partial charge in [-0.05, 0) is 51.0 Å². The fourth-order valence-corrected chi connectivity index (χ4v) is 1.96. The Morgan fingerprint density at radius 1 is 1.32 bits per heavy atom. The monoisotopic (exact) mass is 259 g/mol. The van der Waals surface area contributed by atoms with E-state index in [0.29, 0.717) is 5.71 Å². The van der Waals surface area contributed by atoms with Crippen LogP contribution in [-0.4, -0.2) is 22.9 Å². The summed E-state index contributed by atoms with van der Waals surface area (Å²) in [6.07, 6.45) is -0.590. The number of hydrogen-bond acceptors (Lipinski definition) is 4. The second-order valence-corrected chi connectivity index (χ2v) is 4.77. The molecule has 1 atom stereocenters. The van der Waals surface area contributed by atoms with Gasteiger partial charge in [-0.1, -0.05) is 6.07 Å². The smallest absolute Gasteiger partial charge is 0.344 e. The van der Waals surface area contributed by atoms with E-state index in [1.807, 2.05) is 32.0 Å². The van der Waals surface area contributed by atoms with Crippen LogP contribution in [-0.2, 0) is 9.53 Å². The molecule has 100 valence electrons. The lowest BCUT2D eigenvalue weighted by molar-refractivity contribution is -0.139. The van der Waals surface area contributed by atoms with Crippen LogP contribution < -0.4 is 0 Å². The highest BCUT2D eigenvalue weighted by Crippen LogP contribution is 2.24. The van der Waals surface area contributed by atoms with E-state index in [9.17, 15) is 9.90 Å². The Bertz CT molecular complexity index is 599. The number of hydrogen-bond donors (Lipinski definition) is 1. The van der Waals surface area contributed by atoms with Crippen molar-refractivity contribution in [2.24, 2.45) is 4.99 Å². The molecule has 0 spiro atoms. The average molecular weight is 259 g/mol. The summed E-state index contributed by atoms with van der Waals surface area (Å²) in [6, 6.07) is 5.80. The lowest BCUT2D eigenvalue weighted by atomic mass is 10.1. The number of esters is 1. The zero-order chi connectivity index (χ0) is 14.2. The van der Waals surface area contributed by atoms with Crippen molar-refractivity contribution in [1.29, 1.82) is 0 Å². The van der Waals surface area contributed by atoms with Gasteiger partial charge in [0.2, 0.25) is 0 Å². The van der Waals surface area contributed by atoms with E-state index in [1.54, 1.807) is 13.8 Å². The maximum absolute atomic E-state index is 11.6. The van der Waals surface area contributed by atoms with E-state index in [1.165, 1.54) is 5.56 Å². The molecule has 0 radical (unpaired) electrons. The first-order valence-corrected chi connectivity index (χ1v) is 6.17. The Morgan fingerprint density at radius 3 is 2.53 bits per heavy atom. The summed E-state index contributed by atoms with van der Waals surface area (Å²) in [4.78, 5) is 16.0. The SMILES string of the molecule is CC(=Nc1ccc(C)c(C)c1)C1=C(O)[C@H](C)OC1=O. The van der Waals surface area contributed by atoms with Crippen LogP contribution in [0.4, 0.5) is 5.69 Å². The van der Waals surface area contributed by atoms with E-state index < -0.39 is 12.1 Å². The van der Waals surface area contributed by atoms with E-state index in [4.69, 9.17) is 4.74 Å². The molecule has 0 fully saturated rings. The van der Waals surface area contributed by atoms with Gasteiger partial charge in [-0.2, -0.15) is 0 Å². The normalized spacial score (nSPS) is 19.9. The topological polar surface area (TPSA) is 58.9 Å². The molecule has 0 bridgehead atoms. The van der Waals surface area contributed by atoms with Gasteiger partial charge in [0.25, 0.3) is 0 Å². The zero-order valence-electron chi connectivity index (χ0n) is 11.5. The molecule has 0 unspecified atom stereocenters. The molecular weight excluding hydrogens is 242 g/mol. The van der Waals surface area contributed by atoms with Gasteiger partial charge in [0, 0.05) is 0 Å². The molecule has 1 N–H and O–H groups in total. The van der Waals surface area contributed by atoms with Crippen LogP contribution in [0.15, 0.2) is 34.5 Å². The summed E-state index contributed by atoms with van der Waals surface area (Å²) in [5.74, 6) is -0.565.